The summed E-state index contributed by atoms with van der Waals surface area (Å²) in [5.74, 6) is -0.612. The average Bonchev–Trinajstić information content (AvgIpc) is 2.32. The fourth-order valence-electron chi connectivity index (χ4n) is 1.03. The zero-order valence-corrected chi connectivity index (χ0v) is 9.75. The van der Waals surface area contributed by atoms with Crippen LogP contribution >= 0.6 is 0 Å². The Kier molecular flexibility index (Phi) is 4.87. The maximum atomic E-state index is 11.3. The minimum Gasteiger partial charge on any atom is -0.515 e. The molecule has 1 heterocycles. The second-order valence-electron chi connectivity index (χ2n) is 3.22. The smallest absolute Gasteiger partial charge is 0.342 e. The first-order valence-corrected chi connectivity index (χ1v) is 5.15. The molecule has 0 saturated heterocycles. The minimum atomic E-state index is -0.612. The van der Waals surface area contributed by atoms with Crippen molar-refractivity contribution in [2.24, 2.45) is 4.99 Å². The first kappa shape index (κ1) is 12.9. The van der Waals surface area contributed by atoms with Crippen molar-refractivity contribution in [1.29, 1.82) is 0 Å². The summed E-state index contributed by atoms with van der Waals surface area (Å²) in [7, 11) is 0. The Balaban J connectivity index is 2.75. The summed E-state index contributed by atoms with van der Waals surface area (Å²) < 4.78 is 4.73. The molecule has 1 rings (SSSR count). The monoisotopic (exact) mass is 234 g/mol. The number of esters is 1. The van der Waals surface area contributed by atoms with Crippen LogP contribution in [0.2, 0.25) is 0 Å². The predicted molar refractivity (Wildman–Crippen MR) is 64.5 cm³/mol. The lowest BCUT2D eigenvalue weighted by molar-refractivity contribution is -0.137. The Morgan fingerprint density at radius 3 is 2.88 bits per heavy atom. The van der Waals surface area contributed by atoms with Gasteiger partial charge in [-0.05, 0) is 26.0 Å². The van der Waals surface area contributed by atoms with Gasteiger partial charge < -0.3 is 9.84 Å². The first-order valence-electron chi connectivity index (χ1n) is 5.15. The van der Waals surface area contributed by atoms with Gasteiger partial charge in [0.25, 0.3) is 0 Å². The lowest BCUT2D eigenvalue weighted by atomic mass is 10.3. The molecule has 0 aromatic carbocycles. The standard InChI is InChI=1S/C12H14N2O3/c1-3-17-12(16)10(8-15)6-14-11-5-4-9(2)13-7-11/h4-8,15H,3H2,1-2H3. The lowest BCUT2D eigenvalue weighted by Crippen LogP contribution is -2.08. The second-order valence-corrected chi connectivity index (χ2v) is 3.22. The van der Waals surface area contributed by atoms with Crippen LogP contribution in [0.1, 0.15) is 12.6 Å². The van der Waals surface area contributed by atoms with Crippen LogP contribution in [0.5, 0.6) is 0 Å². The summed E-state index contributed by atoms with van der Waals surface area (Å²) in [6.07, 6.45) is 3.49. The molecule has 1 aromatic heterocycles. The second kappa shape index (κ2) is 6.42. The van der Waals surface area contributed by atoms with Gasteiger partial charge in [0.2, 0.25) is 0 Å². The number of carbonyl (C=O) groups is 1. The summed E-state index contributed by atoms with van der Waals surface area (Å²) in [6.45, 7) is 3.80. The molecule has 0 aliphatic heterocycles. The number of aromatic nitrogens is 1. The highest BCUT2D eigenvalue weighted by Gasteiger charge is 2.07. The van der Waals surface area contributed by atoms with E-state index < -0.39 is 5.97 Å². The van der Waals surface area contributed by atoms with Crippen LogP contribution in [-0.4, -0.2) is 28.9 Å². The van der Waals surface area contributed by atoms with E-state index in [1.807, 2.05) is 6.92 Å². The highest BCUT2D eigenvalue weighted by atomic mass is 16.5. The summed E-state index contributed by atoms with van der Waals surface area (Å²) in [5, 5.41) is 8.88. The van der Waals surface area contributed by atoms with Crippen molar-refractivity contribution in [3.63, 3.8) is 0 Å². The molecule has 0 amide bonds. The molecular formula is C12H14N2O3. The maximum absolute atomic E-state index is 11.3. The lowest BCUT2D eigenvalue weighted by Gasteiger charge is -2.00. The fraction of sp³-hybridized carbons (Fsp3) is 0.250. The number of aliphatic hydroxyl groups is 1. The molecule has 0 spiro atoms. The van der Waals surface area contributed by atoms with Crippen molar-refractivity contribution < 1.29 is 14.6 Å². The quantitative estimate of drug-likeness (QED) is 0.375. The molecule has 5 nitrogen and oxygen atoms in total. The first-order chi connectivity index (χ1) is 8.17. The van der Waals surface area contributed by atoms with Crippen LogP contribution in [0.25, 0.3) is 0 Å². The molecule has 0 bridgehead atoms. The Hall–Kier alpha value is -2.17. The van der Waals surface area contributed by atoms with Crippen molar-refractivity contribution in [2.45, 2.75) is 13.8 Å². The Labute approximate surface area is 99.5 Å². The van der Waals surface area contributed by atoms with Gasteiger partial charge in [-0.2, -0.15) is 0 Å². The summed E-state index contributed by atoms with van der Waals surface area (Å²) in [4.78, 5) is 19.3. The number of nitrogens with zero attached hydrogens (tertiary/aromatic N) is 2. The molecule has 5 heteroatoms. The van der Waals surface area contributed by atoms with Crippen LogP contribution in [-0.2, 0) is 9.53 Å². The topological polar surface area (TPSA) is 71.8 Å². The largest absolute Gasteiger partial charge is 0.515 e. The van der Waals surface area contributed by atoms with E-state index in [4.69, 9.17) is 9.84 Å². The van der Waals surface area contributed by atoms with Gasteiger partial charge in [0.05, 0.1) is 24.8 Å². The Morgan fingerprint density at radius 2 is 2.35 bits per heavy atom. The number of pyridine rings is 1. The number of rotatable bonds is 4. The number of ether oxygens (including phenoxy) is 1. The van der Waals surface area contributed by atoms with Crippen molar-refractivity contribution >= 4 is 17.9 Å². The molecule has 1 N–H and O–H groups in total. The SMILES string of the molecule is CCOC(=O)C(C=Nc1ccc(C)nc1)=CO. The molecule has 0 fully saturated rings. The van der Waals surface area contributed by atoms with Gasteiger partial charge in [-0.3, -0.25) is 9.98 Å². The predicted octanol–water partition coefficient (Wildman–Crippen LogP) is 2.10. The molecule has 0 aliphatic carbocycles. The third-order valence-corrected chi connectivity index (χ3v) is 1.90. The average molecular weight is 234 g/mol. The van der Waals surface area contributed by atoms with E-state index in [-0.39, 0.29) is 12.2 Å². The number of hydrogen-bond donors (Lipinski definition) is 1. The number of aliphatic imine (C=N–C) groups is 1. The van der Waals surface area contributed by atoms with Crippen LogP contribution in [0.3, 0.4) is 0 Å². The third kappa shape index (κ3) is 4.06. The van der Waals surface area contributed by atoms with Crippen LogP contribution < -0.4 is 0 Å². The van der Waals surface area contributed by atoms with E-state index in [1.54, 1.807) is 25.3 Å². The molecule has 0 atom stereocenters. The van der Waals surface area contributed by atoms with Gasteiger partial charge in [0.1, 0.15) is 5.57 Å². The van der Waals surface area contributed by atoms with E-state index >= 15 is 0 Å². The summed E-state index contributed by atoms with van der Waals surface area (Å²) in [5.41, 5.74) is 1.47. The molecule has 1 aromatic rings. The van der Waals surface area contributed by atoms with Crippen molar-refractivity contribution in [1.82, 2.24) is 4.98 Å². The van der Waals surface area contributed by atoms with E-state index in [2.05, 4.69) is 9.98 Å². The molecule has 17 heavy (non-hydrogen) atoms. The molecule has 0 saturated carbocycles. The van der Waals surface area contributed by atoms with E-state index in [1.165, 1.54) is 6.21 Å². The van der Waals surface area contributed by atoms with E-state index in [0.717, 1.165) is 5.69 Å². The van der Waals surface area contributed by atoms with Gasteiger partial charge in [0, 0.05) is 11.9 Å². The van der Waals surface area contributed by atoms with Crippen LogP contribution in [0.15, 0.2) is 35.2 Å². The number of aliphatic hydroxyl groups excluding tert-OH is 1. The summed E-state index contributed by atoms with van der Waals surface area (Å²) >= 11 is 0. The highest BCUT2D eigenvalue weighted by Crippen LogP contribution is 2.09. The maximum Gasteiger partial charge on any atom is 0.342 e. The van der Waals surface area contributed by atoms with Crippen molar-refractivity contribution in [3.8, 4) is 0 Å². The van der Waals surface area contributed by atoms with Gasteiger partial charge in [-0.15, -0.1) is 0 Å². The molecule has 0 radical (unpaired) electrons. The molecule has 90 valence electrons. The normalized spacial score (nSPS) is 11.8. The molecule has 0 aliphatic rings. The Morgan fingerprint density at radius 1 is 1.59 bits per heavy atom. The number of aryl methyl sites for hydroxylation is 1. The highest BCUT2D eigenvalue weighted by molar-refractivity contribution is 6.09. The molecule has 0 unspecified atom stereocenters. The van der Waals surface area contributed by atoms with E-state index in [9.17, 15) is 4.79 Å². The van der Waals surface area contributed by atoms with E-state index in [0.29, 0.717) is 11.9 Å². The Bertz CT molecular complexity index is 436. The van der Waals surface area contributed by atoms with Gasteiger partial charge in [-0.25, -0.2) is 4.79 Å². The van der Waals surface area contributed by atoms with Crippen molar-refractivity contribution in [2.75, 3.05) is 6.61 Å². The third-order valence-electron chi connectivity index (χ3n) is 1.90. The van der Waals surface area contributed by atoms with Gasteiger partial charge >= 0.3 is 5.97 Å². The fourth-order valence-corrected chi connectivity index (χ4v) is 1.03. The van der Waals surface area contributed by atoms with Crippen LogP contribution in [0, 0.1) is 6.92 Å². The van der Waals surface area contributed by atoms with Gasteiger partial charge in [-0.1, -0.05) is 0 Å². The number of hydrogen-bond acceptors (Lipinski definition) is 5. The zero-order valence-electron chi connectivity index (χ0n) is 9.75. The zero-order chi connectivity index (χ0) is 12.7. The summed E-state index contributed by atoms with van der Waals surface area (Å²) in [6, 6.07) is 3.57. The van der Waals surface area contributed by atoms with Gasteiger partial charge in [0.15, 0.2) is 0 Å². The minimum absolute atomic E-state index is 0.00701. The van der Waals surface area contributed by atoms with Crippen LogP contribution in [0.4, 0.5) is 5.69 Å². The molecular weight excluding hydrogens is 220 g/mol. The number of carbonyl (C=O) groups excluding carboxylic acids is 1. The van der Waals surface area contributed by atoms with Crippen molar-refractivity contribution in [3.05, 3.63) is 35.9 Å².